The van der Waals surface area contributed by atoms with Gasteiger partial charge in [0.25, 0.3) is 34.4 Å². The molecular formula is C63H45F12N6O13P. The normalized spacial score (nSPS) is 11.9. The molecule has 0 bridgehead atoms. The Morgan fingerprint density at radius 2 is 0.642 bits per heavy atom. The topological polar surface area (TPSA) is 226 Å². The van der Waals surface area contributed by atoms with E-state index >= 15 is 0 Å². The number of ether oxygens (including phenoxy) is 3. The van der Waals surface area contributed by atoms with Crippen LogP contribution >= 0.6 is 7.82 Å². The molecule has 0 saturated heterocycles. The third-order valence-electron chi connectivity index (χ3n) is 13.6. The molecule has 0 fully saturated rings. The third-order valence-corrected chi connectivity index (χ3v) is 14.9. The fourth-order valence-corrected chi connectivity index (χ4v) is 9.65. The Bertz CT molecular complexity index is 4250. The first-order valence-electron chi connectivity index (χ1n) is 27.2. The number of carbonyl (C=O) groups excluding carboxylic acids is 3. The molecule has 0 aliphatic carbocycles. The van der Waals surface area contributed by atoms with Gasteiger partial charge in [0.15, 0.2) is 0 Å². The number of phosphoric ester groups is 1. The Morgan fingerprint density at radius 1 is 0.379 bits per heavy atom. The molecule has 3 heterocycles. The summed E-state index contributed by atoms with van der Waals surface area (Å²) in [5.74, 6) is -7.42. The van der Waals surface area contributed by atoms with E-state index in [4.69, 9.17) is 27.8 Å². The Morgan fingerprint density at radius 3 is 0.874 bits per heavy atom. The molecule has 95 heavy (non-hydrogen) atoms. The summed E-state index contributed by atoms with van der Waals surface area (Å²) < 4.78 is 216. The summed E-state index contributed by atoms with van der Waals surface area (Å²) in [7, 11) is -5.20. The van der Waals surface area contributed by atoms with Crippen molar-refractivity contribution in [1.82, 2.24) is 13.7 Å². The highest BCUT2D eigenvalue weighted by Gasteiger charge is 2.36. The zero-order valence-corrected chi connectivity index (χ0v) is 49.7. The van der Waals surface area contributed by atoms with Crippen molar-refractivity contribution in [2.75, 3.05) is 16.0 Å². The van der Waals surface area contributed by atoms with Crippen molar-refractivity contribution in [3.63, 3.8) is 0 Å². The highest BCUT2D eigenvalue weighted by atomic mass is 31.2. The number of phosphoric acid groups is 1. The van der Waals surface area contributed by atoms with Crippen molar-refractivity contribution in [3.8, 4) is 34.5 Å². The van der Waals surface area contributed by atoms with Crippen molar-refractivity contribution >= 4 is 42.6 Å². The van der Waals surface area contributed by atoms with Crippen LogP contribution in [0.15, 0.2) is 179 Å². The van der Waals surface area contributed by atoms with Gasteiger partial charge in [-0.2, -0.15) is 39.5 Å². The predicted octanol–water partition coefficient (Wildman–Crippen LogP) is 15.1. The van der Waals surface area contributed by atoms with Crippen LogP contribution in [0.1, 0.15) is 64.5 Å². The number of nitrogens with one attached hydrogen (secondary N) is 3. The summed E-state index contributed by atoms with van der Waals surface area (Å²) >= 11 is 0. The lowest BCUT2D eigenvalue weighted by atomic mass is 10.1. The summed E-state index contributed by atoms with van der Waals surface area (Å²) in [6, 6.07) is 20.9. The molecule has 19 nitrogen and oxygen atoms in total. The summed E-state index contributed by atoms with van der Waals surface area (Å²) in [5.41, 5.74) is -8.32. The fraction of sp³-hybridized carbons (Fsp3) is 0.143. The van der Waals surface area contributed by atoms with E-state index in [1.165, 1.54) is 20.8 Å². The second-order valence-corrected chi connectivity index (χ2v) is 22.1. The maximum absolute atomic E-state index is 14.5. The van der Waals surface area contributed by atoms with Crippen LogP contribution in [0.25, 0.3) is 0 Å². The van der Waals surface area contributed by atoms with Gasteiger partial charge in [-0.25, -0.2) is 17.7 Å². The molecule has 9 aromatic rings. The molecule has 0 saturated carbocycles. The van der Waals surface area contributed by atoms with Gasteiger partial charge in [-0.1, -0.05) is 0 Å². The average molecular weight is 1350 g/mol. The summed E-state index contributed by atoms with van der Waals surface area (Å²) in [5, 5.41) is 7.04. The van der Waals surface area contributed by atoms with Crippen LogP contribution in [0, 0.1) is 38.2 Å². The van der Waals surface area contributed by atoms with Crippen molar-refractivity contribution in [3.05, 3.63) is 263 Å². The van der Waals surface area contributed by atoms with Crippen LogP contribution in [0.2, 0.25) is 0 Å². The Labute approximate surface area is 526 Å². The molecule has 3 amide bonds. The molecule has 6 aromatic carbocycles. The van der Waals surface area contributed by atoms with E-state index in [-0.39, 0.29) is 51.0 Å². The number of aromatic nitrogens is 3. The van der Waals surface area contributed by atoms with Crippen molar-refractivity contribution in [2.24, 2.45) is 0 Å². The largest absolute Gasteiger partial charge is 0.480 e. The smallest absolute Gasteiger partial charge is 0.456 e. The zero-order chi connectivity index (χ0) is 68.9. The number of hydrogen-bond acceptors (Lipinski definition) is 13. The number of amides is 3. The van der Waals surface area contributed by atoms with Crippen LogP contribution in [-0.4, -0.2) is 31.4 Å². The molecule has 9 rings (SSSR count). The van der Waals surface area contributed by atoms with E-state index in [1.807, 2.05) is 0 Å². The van der Waals surface area contributed by atoms with Gasteiger partial charge in [-0.3, -0.25) is 56.0 Å². The minimum absolute atomic E-state index is 0.100. The molecule has 3 N–H and O–H groups in total. The first-order chi connectivity index (χ1) is 44.7. The van der Waals surface area contributed by atoms with E-state index in [1.54, 1.807) is 0 Å². The zero-order valence-electron chi connectivity index (χ0n) is 48.8. The molecule has 3 aromatic heterocycles. The van der Waals surface area contributed by atoms with Crippen LogP contribution in [0.5, 0.6) is 34.5 Å². The Hall–Kier alpha value is -10.8. The van der Waals surface area contributed by atoms with E-state index < -0.39 is 149 Å². The van der Waals surface area contributed by atoms with Gasteiger partial charge in [0.2, 0.25) is 0 Å². The number of halogens is 12. The van der Waals surface area contributed by atoms with Crippen molar-refractivity contribution < 1.29 is 99.4 Å². The lowest BCUT2D eigenvalue weighted by molar-refractivity contribution is -0.138. The first-order valence-corrected chi connectivity index (χ1v) is 28.7. The quantitative estimate of drug-likeness (QED) is 0.0450. The SMILES string of the molecule is Cc1cc(F)ccc1Oc1cc(C(F)(F)F)ccc1C(=O)Nc1ccn(COP(=O)(OCn2ccc(NC(=O)c3ccc(C(F)(F)F)cc3Oc3ccc(F)cc3C)cc2=O)OCn2ccc(NC(=O)c3ccc(C(F)(F)F)cc3Oc3ccc(F)cc3C)cc2=O)c(=O)c1. The number of aryl methyl sites for hydroxylation is 3. The lowest BCUT2D eigenvalue weighted by Gasteiger charge is -2.20. The number of pyridine rings is 3. The van der Waals surface area contributed by atoms with Crippen LogP contribution in [0.4, 0.5) is 69.7 Å². The molecular weight excluding hydrogens is 1310 g/mol. The van der Waals surface area contributed by atoms with Gasteiger partial charge in [0, 0.05) is 53.9 Å². The second kappa shape index (κ2) is 27.8. The number of rotatable bonds is 21. The molecule has 494 valence electrons. The number of alkyl halides is 9. The monoisotopic (exact) mass is 1350 g/mol. The first kappa shape index (κ1) is 68.6. The van der Waals surface area contributed by atoms with Gasteiger partial charge in [-0.05, 0) is 165 Å². The molecule has 0 aliphatic heterocycles. The van der Waals surface area contributed by atoms with E-state index in [9.17, 15) is 86.0 Å². The highest BCUT2D eigenvalue weighted by molar-refractivity contribution is 7.48. The standard InChI is InChI=1S/C63H45F12N6O13P/c1-34-22-40(64)7-13-49(34)92-52-25-37(61(67,68)69)4-10-46(52)58(85)76-43-16-19-79(55(82)28-43)31-89-95(88,90-32-80-20-17-44(29-56(80)83)77-59(86)47-11-5-38(62(70,71)72)26-53(47)93-50-14-8-41(65)23-35(50)2)91-33-81-21-18-45(30-57(81)84)78-60(87)48-12-6-39(63(73,74)75)27-54(48)94-51-15-9-42(66)24-36(51)3/h4-30H,31-33H2,1-3H3,(H,76,85)(H,77,86)(H,78,87). The highest BCUT2D eigenvalue weighted by Crippen LogP contribution is 2.50. The number of anilines is 3. The Balaban J connectivity index is 0.941. The summed E-state index contributed by atoms with van der Waals surface area (Å²) in [6.07, 6.45) is -11.7. The molecule has 0 aliphatic rings. The third kappa shape index (κ3) is 17.3. The van der Waals surface area contributed by atoms with Gasteiger partial charge < -0.3 is 30.2 Å². The molecule has 0 atom stereocenters. The van der Waals surface area contributed by atoms with Crippen LogP contribution in [-0.2, 0) is 56.9 Å². The number of nitrogens with zero attached hydrogens (tertiary/aromatic N) is 3. The number of carbonyl (C=O) groups is 3. The minimum atomic E-state index is -5.20. The van der Waals surface area contributed by atoms with Crippen molar-refractivity contribution in [1.29, 1.82) is 0 Å². The van der Waals surface area contributed by atoms with E-state index in [0.717, 1.165) is 141 Å². The summed E-state index contributed by atoms with van der Waals surface area (Å²) in [6.45, 7) is 1.09. The maximum Gasteiger partial charge on any atom is 0.480 e. The average Bonchev–Trinajstić information content (AvgIpc) is 0.821. The summed E-state index contributed by atoms with van der Waals surface area (Å²) in [4.78, 5) is 81.3. The number of benzene rings is 6. The minimum Gasteiger partial charge on any atom is -0.456 e. The lowest BCUT2D eigenvalue weighted by Crippen LogP contribution is -2.24. The van der Waals surface area contributed by atoms with Gasteiger partial charge in [0.1, 0.15) is 72.1 Å². The van der Waals surface area contributed by atoms with Gasteiger partial charge in [0.05, 0.1) is 33.4 Å². The maximum atomic E-state index is 14.5. The number of hydrogen-bond donors (Lipinski definition) is 3. The van der Waals surface area contributed by atoms with Crippen LogP contribution in [0.3, 0.4) is 0 Å². The molecule has 0 spiro atoms. The van der Waals surface area contributed by atoms with E-state index in [2.05, 4.69) is 16.0 Å². The van der Waals surface area contributed by atoms with Crippen LogP contribution < -0.4 is 46.8 Å². The van der Waals surface area contributed by atoms with Crippen molar-refractivity contribution in [2.45, 2.75) is 59.5 Å². The Kier molecular flexibility index (Phi) is 20.1. The second-order valence-electron chi connectivity index (χ2n) is 20.4. The fourth-order valence-electron chi connectivity index (χ4n) is 8.63. The van der Waals surface area contributed by atoms with Gasteiger partial charge >= 0.3 is 26.4 Å². The predicted molar refractivity (Wildman–Crippen MR) is 315 cm³/mol. The molecule has 0 unspecified atom stereocenters. The van der Waals surface area contributed by atoms with E-state index in [0.29, 0.717) is 36.4 Å². The van der Waals surface area contributed by atoms with Gasteiger partial charge in [-0.15, -0.1) is 0 Å². The molecule has 0 radical (unpaired) electrons. The molecule has 32 heteroatoms.